The predicted octanol–water partition coefficient (Wildman–Crippen LogP) is 1.08. The van der Waals surface area contributed by atoms with Gasteiger partial charge >= 0.3 is 0 Å². The molecule has 2 aromatic heterocycles. The van der Waals surface area contributed by atoms with Gasteiger partial charge in [-0.25, -0.2) is 25.8 Å². The lowest BCUT2D eigenvalue weighted by atomic mass is 10.3. The van der Waals surface area contributed by atoms with E-state index in [1.54, 1.807) is 42.5 Å². The van der Waals surface area contributed by atoms with Crippen LogP contribution in [0, 0.1) is 0 Å². The van der Waals surface area contributed by atoms with Gasteiger partial charge in [-0.05, 0) is 24.3 Å². The first kappa shape index (κ1) is 18.0. The number of nitrogens with zero attached hydrogens (tertiary/aromatic N) is 5. The van der Waals surface area contributed by atoms with E-state index in [1.807, 2.05) is 6.07 Å². The van der Waals surface area contributed by atoms with Gasteiger partial charge in [0.1, 0.15) is 17.4 Å². The molecule has 26 heavy (non-hydrogen) atoms. The van der Waals surface area contributed by atoms with Crippen molar-refractivity contribution in [2.24, 2.45) is 0 Å². The van der Waals surface area contributed by atoms with Crippen LogP contribution in [0.5, 0.6) is 0 Å². The second kappa shape index (κ2) is 6.50. The van der Waals surface area contributed by atoms with Gasteiger partial charge in [0, 0.05) is 0 Å². The summed E-state index contributed by atoms with van der Waals surface area (Å²) in [6.07, 6.45) is 3.56. The van der Waals surface area contributed by atoms with E-state index < -0.39 is 20.0 Å². The normalized spacial score (nSPS) is 12.1. The maximum absolute atomic E-state index is 11.2. The minimum absolute atomic E-state index is 0.505. The molecule has 0 saturated heterocycles. The van der Waals surface area contributed by atoms with Gasteiger partial charge in [-0.3, -0.25) is 0 Å². The summed E-state index contributed by atoms with van der Waals surface area (Å²) in [6.45, 7) is 0. The van der Waals surface area contributed by atoms with Crippen LogP contribution in [0.1, 0.15) is 0 Å². The van der Waals surface area contributed by atoms with E-state index in [0.29, 0.717) is 22.1 Å². The molecule has 0 N–H and O–H groups in total. The first-order chi connectivity index (χ1) is 12.2. The summed E-state index contributed by atoms with van der Waals surface area (Å²) >= 11 is 0. The Morgan fingerprint density at radius 2 is 1.35 bits per heavy atom. The van der Waals surface area contributed by atoms with Crippen molar-refractivity contribution in [1.29, 1.82) is 0 Å². The van der Waals surface area contributed by atoms with Gasteiger partial charge in [0.15, 0.2) is 0 Å². The minimum atomic E-state index is -3.34. The highest BCUT2D eigenvalue weighted by molar-refractivity contribution is 7.89. The first-order valence-electron chi connectivity index (χ1n) is 7.31. The van der Waals surface area contributed by atoms with Crippen molar-refractivity contribution in [2.75, 3.05) is 12.5 Å². The number of imidazole rings is 1. The van der Waals surface area contributed by atoms with Crippen LogP contribution in [-0.2, 0) is 20.0 Å². The molecule has 0 fully saturated rings. The number of aromatic nitrogens is 5. The summed E-state index contributed by atoms with van der Waals surface area (Å²) < 4.78 is 46.9. The van der Waals surface area contributed by atoms with E-state index in [1.165, 1.54) is 10.3 Å². The SMILES string of the molecule is CS(=O)(=O)n1cnc2ccccc21.CS(=O)(=O)n1nnc2ccccc21. The molecule has 4 aromatic rings. The zero-order chi connectivity index (χ0) is 18.9. The molecule has 11 heteroatoms. The van der Waals surface area contributed by atoms with Crippen LogP contribution in [-0.4, -0.2) is 52.7 Å². The van der Waals surface area contributed by atoms with Crippen LogP contribution in [0.2, 0.25) is 0 Å². The molecule has 0 aliphatic carbocycles. The second-order valence-corrected chi connectivity index (χ2v) is 9.15. The highest BCUT2D eigenvalue weighted by Crippen LogP contribution is 2.13. The van der Waals surface area contributed by atoms with Gasteiger partial charge in [0.05, 0.1) is 23.5 Å². The van der Waals surface area contributed by atoms with Gasteiger partial charge in [-0.15, -0.1) is 9.19 Å². The third-order valence-corrected chi connectivity index (χ3v) is 5.32. The fraction of sp³-hybridized carbons (Fsp3) is 0.133. The fourth-order valence-electron chi connectivity index (χ4n) is 2.29. The molecular formula is C15H15N5O4S2. The molecule has 4 rings (SSSR count). The van der Waals surface area contributed by atoms with Crippen molar-refractivity contribution in [3.63, 3.8) is 0 Å². The van der Waals surface area contributed by atoms with Gasteiger partial charge in [0.2, 0.25) is 10.0 Å². The summed E-state index contributed by atoms with van der Waals surface area (Å²) in [4.78, 5) is 3.97. The second-order valence-electron chi connectivity index (χ2n) is 5.48. The molecule has 0 amide bonds. The Hall–Kier alpha value is -2.79. The van der Waals surface area contributed by atoms with Crippen molar-refractivity contribution >= 4 is 42.1 Å². The molecule has 0 unspecified atom stereocenters. The first-order valence-corrected chi connectivity index (χ1v) is 11.0. The molecule has 0 spiro atoms. The van der Waals surface area contributed by atoms with Crippen LogP contribution < -0.4 is 0 Å². The quantitative estimate of drug-likeness (QED) is 0.500. The lowest BCUT2D eigenvalue weighted by Gasteiger charge is -1.98. The van der Waals surface area contributed by atoms with E-state index >= 15 is 0 Å². The average Bonchev–Trinajstić information content (AvgIpc) is 3.19. The van der Waals surface area contributed by atoms with E-state index in [-0.39, 0.29) is 0 Å². The summed E-state index contributed by atoms with van der Waals surface area (Å²) in [5.74, 6) is 0. The van der Waals surface area contributed by atoms with Crippen LogP contribution in [0.4, 0.5) is 0 Å². The Kier molecular flexibility index (Phi) is 4.50. The van der Waals surface area contributed by atoms with E-state index in [2.05, 4.69) is 15.3 Å². The molecule has 0 saturated carbocycles. The molecule has 136 valence electrons. The van der Waals surface area contributed by atoms with Gasteiger partial charge in [-0.2, -0.15) is 0 Å². The zero-order valence-corrected chi connectivity index (χ0v) is 15.5. The Labute approximate surface area is 150 Å². The van der Waals surface area contributed by atoms with Crippen LogP contribution in [0.15, 0.2) is 54.9 Å². The molecule has 2 aromatic carbocycles. The minimum Gasteiger partial charge on any atom is -0.236 e. The highest BCUT2D eigenvalue weighted by Gasteiger charge is 2.11. The number of rotatable bonds is 2. The summed E-state index contributed by atoms with van der Waals surface area (Å²) in [6, 6.07) is 14.0. The van der Waals surface area contributed by atoms with Crippen molar-refractivity contribution < 1.29 is 16.8 Å². The van der Waals surface area contributed by atoms with Crippen LogP contribution >= 0.6 is 0 Å². The Morgan fingerprint density at radius 3 is 1.96 bits per heavy atom. The average molecular weight is 393 g/mol. The number of fused-ring (bicyclic) bond motifs is 2. The van der Waals surface area contributed by atoms with Crippen molar-refractivity contribution in [3.05, 3.63) is 54.9 Å². The summed E-state index contributed by atoms with van der Waals surface area (Å²) in [5.41, 5.74) is 2.39. The summed E-state index contributed by atoms with van der Waals surface area (Å²) in [5, 5.41) is 7.26. The molecule has 2 heterocycles. The van der Waals surface area contributed by atoms with Crippen molar-refractivity contribution in [2.45, 2.75) is 0 Å². The largest absolute Gasteiger partial charge is 0.252 e. The fourth-order valence-corrected chi connectivity index (χ4v) is 3.70. The van der Waals surface area contributed by atoms with Crippen LogP contribution in [0.3, 0.4) is 0 Å². The lowest BCUT2D eigenvalue weighted by molar-refractivity contribution is 0.585. The Balaban J connectivity index is 0.000000151. The number of hydrogen-bond donors (Lipinski definition) is 0. The Bertz CT molecular complexity index is 1190. The molecular weight excluding hydrogens is 378 g/mol. The van der Waals surface area contributed by atoms with Gasteiger partial charge in [0.25, 0.3) is 10.0 Å². The van der Waals surface area contributed by atoms with Crippen molar-refractivity contribution in [3.8, 4) is 0 Å². The summed E-state index contributed by atoms with van der Waals surface area (Å²) in [7, 11) is -6.57. The number of benzene rings is 2. The number of hydrogen-bond acceptors (Lipinski definition) is 7. The topological polar surface area (TPSA) is 117 Å². The van der Waals surface area contributed by atoms with Gasteiger partial charge < -0.3 is 0 Å². The molecule has 0 radical (unpaired) electrons. The van der Waals surface area contributed by atoms with E-state index in [9.17, 15) is 16.8 Å². The third-order valence-electron chi connectivity index (χ3n) is 3.41. The predicted molar refractivity (Wildman–Crippen MR) is 97.7 cm³/mol. The molecule has 0 aliphatic rings. The third kappa shape index (κ3) is 3.58. The van der Waals surface area contributed by atoms with Crippen molar-refractivity contribution in [1.82, 2.24) is 23.4 Å². The monoisotopic (exact) mass is 393 g/mol. The highest BCUT2D eigenvalue weighted by atomic mass is 32.2. The maximum atomic E-state index is 11.2. The lowest BCUT2D eigenvalue weighted by Crippen LogP contribution is -2.11. The standard InChI is InChI=1S/C8H8N2O2S.C7H7N3O2S/c1-13(11,12)10-6-9-7-4-2-3-5-8(7)10;1-13(11,12)10-7-5-3-2-4-6(7)8-9-10/h2-6H,1H3;2-5H,1H3. The van der Waals surface area contributed by atoms with Gasteiger partial charge in [-0.1, -0.05) is 29.5 Å². The molecule has 0 atom stereocenters. The zero-order valence-electron chi connectivity index (χ0n) is 13.9. The number of para-hydroxylation sites is 3. The molecule has 0 bridgehead atoms. The van der Waals surface area contributed by atoms with Crippen LogP contribution in [0.25, 0.3) is 22.1 Å². The van der Waals surface area contributed by atoms with E-state index in [4.69, 9.17) is 0 Å². The maximum Gasteiger partial charge on any atom is 0.252 e. The molecule has 9 nitrogen and oxygen atoms in total. The van der Waals surface area contributed by atoms with E-state index in [0.717, 1.165) is 16.6 Å². The smallest absolute Gasteiger partial charge is 0.236 e. The Morgan fingerprint density at radius 1 is 0.769 bits per heavy atom. The molecule has 0 aliphatic heterocycles.